The summed E-state index contributed by atoms with van der Waals surface area (Å²) in [4.78, 5) is 50.4. The van der Waals surface area contributed by atoms with E-state index in [0.29, 0.717) is 22.9 Å². The van der Waals surface area contributed by atoms with Crippen LogP contribution in [0.15, 0.2) is 152 Å². The smallest absolute Gasteiger partial charge is 0.427 e. The van der Waals surface area contributed by atoms with Crippen molar-refractivity contribution in [2.24, 2.45) is 0 Å². The number of rotatable bonds is 12. The predicted molar refractivity (Wildman–Crippen MR) is 221 cm³/mol. The van der Waals surface area contributed by atoms with Crippen molar-refractivity contribution in [2.45, 2.75) is 56.7 Å². The quantitative estimate of drug-likeness (QED) is 0.0690. The van der Waals surface area contributed by atoms with Gasteiger partial charge in [-0.25, -0.2) is 14.0 Å². The summed E-state index contributed by atoms with van der Waals surface area (Å²) in [5.74, 6) is -4.42. The lowest BCUT2D eigenvalue weighted by molar-refractivity contribution is -0.257. The Bertz CT molecular complexity index is 2780. The van der Waals surface area contributed by atoms with Crippen LogP contribution in [0.3, 0.4) is 0 Å². The van der Waals surface area contributed by atoms with Crippen LogP contribution >= 0.6 is 0 Å². The zero-order chi connectivity index (χ0) is 44.6. The highest BCUT2D eigenvalue weighted by Gasteiger charge is 2.51. The van der Waals surface area contributed by atoms with Crippen LogP contribution in [-0.4, -0.2) is 40.5 Å². The number of carbonyl (C=O) groups is 2. The molecule has 2 atom stereocenters. The van der Waals surface area contributed by atoms with Crippen LogP contribution in [-0.2, 0) is 25.5 Å². The lowest BCUT2D eigenvalue weighted by atomic mass is 9.88. The molecule has 0 aliphatic heterocycles. The molecule has 7 aromatic rings. The van der Waals surface area contributed by atoms with Crippen LogP contribution in [0.5, 0.6) is 11.5 Å². The summed E-state index contributed by atoms with van der Waals surface area (Å²) >= 11 is 0. The summed E-state index contributed by atoms with van der Waals surface area (Å²) in [6.45, 7) is 1.60. The number of para-hydroxylation sites is 2. The molecule has 320 valence electrons. The molecule has 2 N–H and O–H groups in total. The van der Waals surface area contributed by atoms with Crippen LogP contribution in [0.1, 0.15) is 66.3 Å². The number of aromatic hydroxyl groups is 2. The molecule has 2 aromatic heterocycles. The van der Waals surface area contributed by atoms with Gasteiger partial charge in [-0.05, 0) is 66.9 Å². The first kappa shape index (κ1) is 44.3. The van der Waals surface area contributed by atoms with E-state index < -0.39 is 59.0 Å². The van der Waals surface area contributed by atoms with Gasteiger partial charge in [0.2, 0.25) is 5.60 Å². The average molecular weight is 853 g/mol. The van der Waals surface area contributed by atoms with Gasteiger partial charge in [-0.3, -0.25) is 9.59 Å². The summed E-state index contributed by atoms with van der Waals surface area (Å²) < 4.78 is 73.0. The van der Waals surface area contributed by atoms with Gasteiger partial charge in [0.15, 0.2) is 0 Å². The number of ether oxygens (including phenoxy) is 2. The number of halogens is 4. The molecule has 0 saturated carbocycles. The minimum atomic E-state index is -4.77. The van der Waals surface area contributed by atoms with E-state index in [1.54, 1.807) is 103 Å². The molecule has 62 heavy (non-hydrogen) atoms. The van der Waals surface area contributed by atoms with Crippen LogP contribution in [0.2, 0.25) is 0 Å². The molecule has 14 heteroatoms. The maximum atomic E-state index is 13.1. The molecule has 2 unspecified atom stereocenters. The van der Waals surface area contributed by atoms with Crippen molar-refractivity contribution in [2.75, 3.05) is 6.61 Å². The first-order chi connectivity index (χ1) is 29.5. The molecule has 10 nitrogen and oxygen atoms in total. The van der Waals surface area contributed by atoms with Crippen molar-refractivity contribution in [3.05, 3.63) is 188 Å². The lowest BCUT2D eigenvalue weighted by Crippen LogP contribution is -2.43. The molecule has 0 aliphatic rings. The van der Waals surface area contributed by atoms with Gasteiger partial charge in [-0.15, -0.1) is 0 Å². The number of esters is 2. The Hall–Kier alpha value is -7.22. The van der Waals surface area contributed by atoms with Crippen LogP contribution in [0.25, 0.3) is 21.9 Å². The van der Waals surface area contributed by atoms with E-state index in [1.165, 1.54) is 24.3 Å². The average Bonchev–Trinajstić information content (AvgIpc) is 3.24. The number of fused-ring (bicyclic) bond motifs is 2. The first-order valence-electron chi connectivity index (χ1n) is 19.3. The van der Waals surface area contributed by atoms with Gasteiger partial charge in [0.1, 0.15) is 28.5 Å². The molecule has 0 spiro atoms. The number of benzene rings is 5. The van der Waals surface area contributed by atoms with Gasteiger partial charge in [-0.2, -0.15) is 13.2 Å². The molecule has 0 bridgehead atoms. The third-order valence-corrected chi connectivity index (χ3v) is 10.1. The second-order valence-electron chi connectivity index (χ2n) is 14.7. The molecular weight excluding hydrogens is 813 g/mol. The Kier molecular flexibility index (Phi) is 13.6. The highest BCUT2D eigenvalue weighted by Crippen LogP contribution is 2.39. The fraction of sp³-hybridized carbons (Fsp3) is 0.208. The molecule has 0 radical (unpaired) electrons. The lowest BCUT2D eigenvalue weighted by Gasteiger charge is -2.28. The molecular formula is C48H40F4O10. The minimum absolute atomic E-state index is 0.0189. The van der Waals surface area contributed by atoms with Gasteiger partial charge in [0, 0.05) is 18.3 Å². The van der Waals surface area contributed by atoms with Gasteiger partial charge in [0.05, 0.1) is 41.3 Å². The Morgan fingerprint density at radius 3 is 1.48 bits per heavy atom. The standard InChI is InChI=1S/C26H21FO5.C22H19F3O5/c27-19-12-10-17(11-13-19)14-15-31-23(28)16-21(18-6-2-1-3-7-18)24-25(29)20-8-4-5-9-22(20)32-26(24)30;1-21(2,22(23,24)25)30-17(26)12-15(13-8-4-3-5-9-13)18-19(27)14-10-6-7-11-16(14)29-20(18)28/h1-13,21,29H,14-16H2;3-11,15,27H,12H2,1-2H3. The molecule has 7 rings (SSSR count). The summed E-state index contributed by atoms with van der Waals surface area (Å²) in [5.41, 5.74) is -2.11. The second kappa shape index (κ2) is 19.0. The minimum Gasteiger partial charge on any atom is -0.507 e. The van der Waals surface area contributed by atoms with Crippen LogP contribution < -0.4 is 11.3 Å². The topological polar surface area (TPSA) is 153 Å². The van der Waals surface area contributed by atoms with E-state index in [0.717, 1.165) is 19.4 Å². The van der Waals surface area contributed by atoms with Crippen molar-refractivity contribution in [3.63, 3.8) is 0 Å². The van der Waals surface area contributed by atoms with Crippen LogP contribution in [0.4, 0.5) is 17.6 Å². The van der Waals surface area contributed by atoms with Crippen molar-refractivity contribution in [3.8, 4) is 11.5 Å². The van der Waals surface area contributed by atoms with E-state index in [2.05, 4.69) is 4.74 Å². The van der Waals surface area contributed by atoms with E-state index in [-0.39, 0.29) is 52.3 Å². The molecule has 0 amide bonds. The van der Waals surface area contributed by atoms with Crippen molar-refractivity contribution in [1.29, 1.82) is 0 Å². The molecule has 0 saturated heterocycles. The summed E-state index contributed by atoms with van der Waals surface area (Å²) in [6.07, 6.45) is -5.08. The largest absolute Gasteiger partial charge is 0.507 e. The van der Waals surface area contributed by atoms with E-state index >= 15 is 0 Å². The van der Waals surface area contributed by atoms with Gasteiger partial charge < -0.3 is 28.5 Å². The Balaban J connectivity index is 0.000000207. The Labute approximate surface area is 351 Å². The number of alkyl halides is 3. The summed E-state index contributed by atoms with van der Waals surface area (Å²) in [7, 11) is 0. The van der Waals surface area contributed by atoms with Gasteiger partial charge in [0.25, 0.3) is 0 Å². The Morgan fingerprint density at radius 1 is 0.613 bits per heavy atom. The Morgan fingerprint density at radius 2 is 1.03 bits per heavy atom. The van der Waals surface area contributed by atoms with E-state index in [1.807, 2.05) is 6.07 Å². The summed E-state index contributed by atoms with van der Waals surface area (Å²) in [6, 6.07) is 36.1. The van der Waals surface area contributed by atoms with Crippen molar-refractivity contribution in [1.82, 2.24) is 0 Å². The maximum Gasteiger partial charge on any atom is 0.427 e. The fourth-order valence-electron chi connectivity index (χ4n) is 6.76. The molecule has 0 aliphatic carbocycles. The SMILES string of the molecule is CC(C)(OC(=O)CC(c1ccccc1)c1c(O)c2ccccc2oc1=O)C(F)(F)F.O=C(CC(c1ccccc1)c1c(O)c2ccccc2oc1=O)OCCc1ccc(F)cc1. The van der Waals surface area contributed by atoms with Crippen molar-refractivity contribution >= 4 is 33.9 Å². The maximum absolute atomic E-state index is 13.1. The summed E-state index contributed by atoms with van der Waals surface area (Å²) in [5, 5.41) is 22.3. The number of hydrogen-bond donors (Lipinski definition) is 2. The third kappa shape index (κ3) is 10.4. The fourth-order valence-corrected chi connectivity index (χ4v) is 6.76. The zero-order valence-electron chi connectivity index (χ0n) is 33.4. The highest BCUT2D eigenvalue weighted by molar-refractivity contribution is 5.86. The van der Waals surface area contributed by atoms with E-state index in [4.69, 9.17) is 13.6 Å². The molecule has 5 aromatic carbocycles. The van der Waals surface area contributed by atoms with Crippen molar-refractivity contribution < 1.29 is 55.7 Å². The third-order valence-electron chi connectivity index (χ3n) is 10.1. The highest BCUT2D eigenvalue weighted by atomic mass is 19.4. The molecule has 2 heterocycles. The second-order valence-corrected chi connectivity index (χ2v) is 14.7. The van der Waals surface area contributed by atoms with Gasteiger partial charge >= 0.3 is 29.4 Å². The van der Waals surface area contributed by atoms with Gasteiger partial charge in [-0.1, -0.05) is 97.1 Å². The predicted octanol–water partition coefficient (Wildman–Crippen LogP) is 9.85. The number of hydrogen-bond acceptors (Lipinski definition) is 10. The number of carbonyl (C=O) groups excluding carboxylic acids is 2. The molecule has 0 fully saturated rings. The normalized spacial score (nSPS) is 12.5. The van der Waals surface area contributed by atoms with E-state index in [9.17, 15) is 47.0 Å². The zero-order valence-corrected chi connectivity index (χ0v) is 33.4. The monoisotopic (exact) mass is 852 g/mol. The van der Waals surface area contributed by atoms with Crippen LogP contribution in [0, 0.1) is 5.82 Å². The first-order valence-corrected chi connectivity index (χ1v) is 19.3.